The quantitative estimate of drug-likeness (QED) is 0.734. The van der Waals surface area contributed by atoms with Gasteiger partial charge >= 0.3 is 0 Å². The van der Waals surface area contributed by atoms with Gasteiger partial charge in [0.1, 0.15) is 0 Å². The zero-order valence-electron chi connectivity index (χ0n) is 8.07. The van der Waals surface area contributed by atoms with Gasteiger partial charge in [-0.15, -0.1) is 0 Å². The van der Waals surface area contributed by atoms with Crippen molar-refractivity contribution in [2.45, 2.75) is 0 Å². The lowest BCUT2D eigenvalue weighted by molar-refractivity contribution is 1.05. The van der Waals surface area contributed by atoms with E-state index in [1.54, 1.807) is 12.1 Å². The number of benzene rings is 1. The third kappa shape index (κ3) is 1.29. The molecule has 0 aliphatic heterocycles. The monoisotopic (exact) mass is 186 g/mol. The number of hydrogen-bond acceptors (Lipinski definition) is 3. The second-order valence-electron chi connectivity index (χ2n) is 3.30. The Morgan fingerprint density at radius 2 is 2.21 bits per heavy atom. The molecule has 70 valence electrons. The molecule has 0 spiro atoms. The van der Waals surface area contributed by atoms with Crippen LogP contribution < -0.4 is 4.90 Å². The standard InChI is InChI=1S/C10H10N4/c1-14(2)10-12-8-4-3-7(6-11)5-9(8)13-10/h3-5H,1-2H3,(H,12,13). The van der Waals surface area contributed by atoms with Crippen LogP contribution in [0, 0.1) is 11.3 Å². The molecule has 4 nitrogen and oxygen atoms in total. The van der Waals surface area contributed by atoms with E-state index in [0.717, 1.165) is 17.0 Å². The molecular weight excluding hydrogens is 176 g/mol. The summed E-state index contributed by atoms with van der Waals surface area (Å²) >= 11 is 0. The highest BCUT2D eigenvalue weighted by molar-refractivity contribution is 5.79. The van der Waals surface area contributed by atoms with Crippen LogP contribution in [-0.4, -0.2) is 24.1 Å². The lowest BCUT2D eigenvalue weighted by Crippen LogP contribution is -2.09. The van der Waals surface area contributed by atoms with Crippen LogP contribution >= 0.6 is 0 Å². The van der Waals surface area contributed by atoms with Crippen LogP contribution in [0.3, 0.4) is 0 Å². The number of nitrogens with zero attached hydrogens (tertiary/aromatic N) is 3. The Kier molecular flexibility index (Phi) is 1.86. The highest BCUT2D eigenvalue weighted by Gasteiger charge is 2.04. The van der Waals surface area contributed by atoms with Crippen LogP contribution in [0.15, 0.2) is 18.2 Å². The molecule has 0 unspecified atom stereocenters. The van der Waals surface area contributed by atoms with E-state index in [4.69, 9.17) is 5.26 Å². The Bertz CT molecular complexity index is 504. The number of rotatable bonds is 1. The average Bonchev–Trinajstić information content (AvgIpc) is 2.59. The van der Waals surface area contributed by atoms with Gasteiger partial charge in [0.05, 0.1) is 22.7 Å². The molecule has 0 radical (unpaired) electrons. The van der Waals surface area contributed by atoms with Crippen LogP contribution in [-0.2, 0) is 0 Å². The SMILES string of the molecule is CN(C)c1nc2ccc(C#N)cc2[nH]1. The largest absolute Gasteiger partial charge is 0.349 e. The maximum Gasteiger partial charge on any atom is 0.203 e. The van der Waals surface area contributed by atoms with Crippen LogP contribution in [0.25, 0.3) is 11.0 Å². The number of hydrogen-bond donors (Lipinski definition) is 1. The molecule has 1 N–H and O–H groups in total. The van der Waals surface area contributed by atoms with E-state index >= 15 is 0 Å². The van der Waals surface area contributed by atoms with Gasteiger partial charge in [-0.3, -0.25) is 0 Å². The van der Waals surface area contributed by atoms with Crippen LogP contribution in [0.5, 0.6) is 0 Å². The molecule has 1 aromatic heterocycles. The van der Waals surface area contributed by atoms with Gasteiger partial charge in [0.25, 0.3) is 0 Å². The zero-order valence-corrected chi connectivity index (χ0v) is 8.07. The van der Waals surface area contributed by atoms with Gasteiger partial charge in [-0.2, -0.15) is 5.26 Å². The first-order valence-corrected chi connectivity index (χ1v) is 4.28. The molecule has 0 aliphatic carbocycles. The molecular formula is C10H10N4. The molecule has 0 aliphatic rings. The minimum atomic E-state index is 0.645. The van der Waals surface area contributed by atoms with E-state index in [1.165, 1.54) is 0 Å². The van der Waals surface area contributed by atoms with Gasteiger partial charge in [0.15, 0.2) is 0 Å². The molecule has 2 rings (SSSR count). The number of aromatic nitrogens is 2. The third-order valence-electron chi connectivity index (χ3n) is 2.02. The maximum absolute atomic E-state index is 8.72. The van der Waals surface area contributed by atoms with Crippen molar-refractivity contribution in [1.82, 2.24) is 9.97 Å². The van der Waals surface area contributed by atoms with Crippen molar-refractivity contribution in [1.29, 1.82) is 5.26 Å². The molecule has 0 bridgehead atoms. The lowest BCUT2D eigenvalue weighted by Gasteiger charge is -2.05. The number of H-pyrrole nitrogens is 1. The molecule has 14 heavy (non-hydrogen) atoms. The lowest BCUT2D eigenvalue weighted by atomic mass is 10.2. The zero-order chi connectivity index (χ0) is 10.1. The van der Waals surface area contributed by atoms with Crippen molar-refractivity contribution >= 4 is 17.0 Å². The van der Waals surface area contributed by atoms with Gasteiger partial charge in [-0.05, 0) is 18.2 Å². The van der Waals surface area contributed by atoms with Crippen molar-refractivity contribution in [3.63, 3.8) is 0 Å². The van der Waals surface area contributed by atoms with E-state index in [2.05, 4.69) is 16.0 Å². The van der Waals surface area contributed by atoms with Gasteiger partial charge in [-0.1, -0.05) is 0 Å². The summed E-state index contributed by atoms with van der Waals surface area (Å²) in [4.78, 5) is 9.38. The summed E-state index contributed by atoms with van der Waals surface area (Å²) in [5, 5.41) is 8.72. The average molecular weight is 186 g/mol. The molecule has 1 aromatic carbocycles. The summed E-state index contributed by atoms with van der Waals surface area (Å²) in [6, 6.07) is 7.51. The first-order chi connectivity index (χ1) is 6.70. The Morgan fingerprint density at radius 1 is 1.43 bits per heavy atom. The summed E-state index contributed by atoms with van der Waals surface area (Å²) in [6.45, 7) is 0. The van der Waals surface area contributed by atoms with Gasteiger partial charge in [-0.25, -0.2) is 4.98 Å². The fourth-order valence-electron chi connectivity index (χ4n) is 1.28. The fourth-order valence-corrected chi connectivity index (χ4v) is 1.28. The Hall–Kier alpha value is -2.02. The Morgan fingerprint density at radius 3 is 2.86 bits per heavy atom. The molecule has 2 aromatic rings. The fraction of sp³-hybridized carbons (Fsp3) is 0.200. The summed E-state index contributed by atoms with van der Waals surface area (Å²) in [7, 11) is 3.84. The first kappa shape index (κ1) is 8.57. The van der Waals surface area contributed by atoms with Crippen molar-refractivity contribution in [2.24, 2.45) is 0 Å². The smallest absolute Gasteiger partial charge is 0.203 e. The third-order valence-corrected chi connectivity index (χ3v) is 2.02. The highest BCUT2D eigenvalue weighted by atomic mass is 15.2. The molecule has 1 heterocycles. The number of anilines is 1. The normalized spacial score (nSPS) is 10.1. The predicted molar refractivity (Wildman–Crippen MR) is 55.1 cm³/mol. The van der Waals surface area contributed by atoms with Gasteiger partial charge in [0, 0.05) is 14.1 Å². The van der Waals surface area contributed by atoms with Crippen molar-refractivity contribution in [2.75, 3.05) is 19.0 Å². The van der Waals surface area contributed by atoms with E-state index in [-0.39, 0.29) is 0 Å². The van der Waals surface area contributed by atoms with Crippen molar-refractivity contribution in [3.8, 4) is 6.07 Å². The minimum Gasteiger partial charge on any atom is -0.349 e. The molecule has 0 fully saturated rings. The van der Waals surface area contributed by atoms with Crippen LogP contribution in [0.1, 0.15) is 5.56 Å². The topological polar surface area (TPSA) is 55.7 Å². The minimum absolute atomic E-state index is 0.645. The maximum atomic E-state index is 8.72. The second kappa shape index (κ2) is 3.04. The molecule has 0 atom stereocenters. The van der Waals surface area contributed by atoms with E-state index in [1.807, 2.05) is 25.1 Å². The summed E-state index contributed by atoms with van der Waals surface area (Å²) < 4.78 is 0. The number of fused-ring (bicyclic) bond motifs is 1. The van der Waals surface area contributed by atoms with Crippen molar-refractivity contribution in [3.05, 3.63) is 23.8 Å². The Labute approximate surface area is 81.8 Å². The number of aromatic amines is 1. The van der Waals surface area contributed by atoms with Crippen LogP contribution in [0.2, 0.25) is 0 Å². The van der Waals surface area contributed by atoms with E-state index in [9.17, 15) is 0 Å². The summed E-state index contributed by atoms with van der Waals surface area (Å²) in [5.41, 5.74) is 2.42. The summed E-state index contributed by atoms with van der Waals surface area (Å²) in [6.07, 6.45) is 0. The second-order valence-corrected chi connectivity index (χ2v) is 3.30. The van der Waals surface area contributed by atoms with E-state index < -0.39 is 0 Å². The molecule has 0 amide bonds. The summed E-state index contributed by atoms with van der Waals surface area (Å²) in [5.74, 6) is 0.801. The molecule has 0 saturated carbocycles. The Balaban J connectivity index is 2.61. The highest BCUT2D eigenvalue weighted by Crippen LogP contribution is 2.16. The number of nitrogens with one attached hydrogen (secondary N) is 1. The number of imidazole rings is 1. The predicted octanol–water partition coefficient (Wildman–Crippen LogP) is 1.50. The van der Waals surface area contributed by atoms with Crippen LogP contribution in [0.4, 0.5) is 5.95 Å². The van der Waals surface area contributed by atoms with Gasteiger partial charge in [0.2, 0.25) is 5.95 Å². The molecule has 0 saturated heterocycles. The molecule has 4 heteroatoms. The van der Waals surface area contributed by atoms with Gasteiger partial charge < -0.3 is 9.88 Å². The van der Waals surface area contributed by atoms with Crippen molar-refractivity contribution < 1.29 is 0 Å². The van der Waals surface area contributed by atoms with E-state index in [0.29, 0.717) is 5.56 Å². The number of nitriles is 1. The first-order valence-electron chi connectivity index (χ1n) is 4.28.